The predicted octanol–water partition coefficient (Wildman–Crippen LogP) is 2.45. The molecule has 3 heterocycles. The zero-order valence-corrected chi connectivity index (χ0v) is 14.5. The van der Waals surface area contributed by atoms with Crippen LogP contribution >= 0.6 is 11.6 Å². The molecular formula is C17H24ClN3O2. The zero-order valence-electron chi connectivity index (χ0n) is 13.7. The maximum Gasteiger partial charge on any atom is 0.272 e. The molecule has 3 unspecified atom stereocenters. The maximum absolute atomic E-state index is 12.7. The van der Waals surface area contributed by atoms with Crippen LogP contribution < -0.4 is 0 Å². The topological polar surface area (TPSA) is 45.7 Å². The summed E-state index contributed by atoms with van der Waals surface area (Å²) in [5.41, 5.74) is 0.438. The molecule has 2 aliphatic rings. The minimum Gasteiger partial charge on any atom is -0.373 e. The molecule has 2 saturated heterocycles. The van der Waals surface area contributed by atoms with E-state index in [2.05, 4.69) is 23.7 Å². The van der Waals surface area contributed by atoms with Crippen molar-refractivity contribution in [3.8, 4) is 0 Å². The summed E-state index contributed by atoms with van der Waals surface area (Å²) in [5.74, 6) is -0.00986. The van der Waals surface area contributed by atoms with Crippen molar-refractivity contribution >= 4 is 17.5 Å². The van der Waals surface area contributed by atoms with E-state index in [1.54, 1.807) is 18.3 Å². The van der Waals surface area contributed by atoms with E-state index in [4.69, 9.17) is 16.3 Å². The second-order valence-electron chi connectivity index (χ2n) is 6.63. The van der Waals surface area contributed by atoms with E-state index in [-0.39, 0.29) is 24.2 Å². The molecule has 0 radical (unpaired) electrons. The van der Waals surface area contributed by atoms with Crippen molar-refractivity contribution in [2.75, 3.05) is 26.2 Å². The van der Waals surface area contributed by atoms with Gasteiger partial charge in [0.05, 0.1) is 12.2 Å². The smallest absolute Gasteiger partial charge is 0.272 e. The number of likely N-dealkylation sites (tertiary alicyclic amines) is 1. The van der Waals surface area contributed by atoms with Crippen molar-refractivity contribution in [1.29, 1.82) is 0 Å². The Kier molecular flexibility index (Phi) is 5.19. The minimum atomic E-state index is -0.00986. The number of pyridine rings is 1. The third-order valence-corrected chi connectivity index (χ3v) is 4.78. The summed E-state index contributed by atoms with van der Waals surface area (Å²) in [4.78, 5) is 21.3. The van der Waals surface area contributed by atoms with E-state index < -0.39 is 0 Å². The van der Waals surface area contributed by atoms with Gasteiger partial charge in [-0.15, -0.1) is 0 Å². The molecule has 0 aliphatic carbocycles. The summed E-state index contributed by atoms with van der Waals surface area (Å²) >= 11 is 5.99. The quantitative estimate of drug-likeness (QED) is 0.850. The first-order valence-electron chi connectivity index (χ1n) is 8.33. The van der Waals surface area contributed by atoms with Gasteiger partial charge in [0.1, 0.15) is 5.69 Å². The van der Waals surface area contributed by atoms with Crippen LogP contribution in [0.25, 0.3) is 0 Å². The monoisotopic (exact) mass is 337 g/mol. The second-order valence-corrected chi connectivity index (χ2v) is 7.07. The lowest BCUT2D eigenvalue weighted by atomic mass is 10.1. The van der Waals surface area contributed by atoms with Crippen LogP contribution in [-0.4, -0.2) is 65.1 Å². The fourth-order valence-electron chi connectivity index (χ4n) is 3.69. The normalized spacial score (nSPS) is 29.0. The number of hydrogen-bond donors (Lipinski definition) is 0. The second kappa shape index (κ2) is 7.16. The van der Waals surface area contributed by atoms with Gasteiger partial charge >= 0.3 is 0 Å². The number of carbonyl (C=O) groups excluding carboxylic acids is 1. The van der Waals surface area contributed by atoms with E-state index in [0.717, 1.165) is 39.0 Å². The van der Waals surface area contributed by atoms with Crippen molar-refractivity contribution in [2.45, 2.75) is 44.9 Å². The predicted molar refractivity (Wildman–Crippen MR) is 89.8 cm³/mol. The molecule has 1 aromatic rings. The average molecular weight is 338 g/mol. The highest BCUT2D eigenvalue weighted by molar-refractivity contribution is 6.30. The SMILES string of the molecule is CC1CN(CC2CCCN2C(=O)c2cc(Cl)ccn2)CC(C)O1. The molecule has 5 nitrogen and oxygen atoms in total. The van der Waals surface area contributed by atoms with Gasteiger partial charge in [0, 0.05) is 43.4 Å². The van der Waals surface area contributed by atoms with Crippen molar-refractivity contribution in [1.82, 2.24) is 14.8 Å². The van der Waals surface area contributed by atoms with E-state index in [1.165, 1.54) is 0 Å². The third-order valence-electron chi connectivity index (χ3n) is 4.54. The van der Waals surface area contributed by atoms with Crippen LogP contribution in [0, 0.1) is 0 Å². The van der Waals surface area contributed by atoms with E-state index in [1.807, 2.05) is 4.90 Å². The van der Waals surface area contributed by atoms with Crippen LogP contribution in [0.15, 0.2) is 18.3 Å². The molecule has 6 heteroatoms. The first-order chi connectivity index (χ1) is 11.0. The Bertz CT molecular complexity index is 559. The van der Waals surface area contributed by atoms with E-state index in [9.17, 15) is 4.79 Å². The number of rotatable bonds is 3. The van der Waals surface area contributed by atoms with Gasteiger partial charge in [-0.2, -0.15) is 0 Å². The molecule has 2 fully saturated rings. The summed E-state index contributed by atoms with van der Waals surface area (Å²) in [7, 11) is 0. The standard InChI is InChI=1S/C17H24ClN3O2/c1-12-9-20(10-13(2)23-12)11-15-4-3-7-21(15)17(22)16-8-14(18)5-6-19-16/h5-6,8,12-13,15H,3-4,7,9-11H2,1-2H3. The minimum absolute atomic E-state index is 0.00986. The summed E-state index contributed by atoms with van der Waals surface area (Å²) < 4.78 is 5.79. The number of nitrogens with zero attached hydrogens (tertiary/aromatic N) is 3. The number of ether oxygens (including phenoxy) is 1. The molecule has 126 valence electrons. The molecule has 3 atom stereocenters. The zero-order chi connectivity index (χ0) is 16.4. The summed E-state index contributed by atoms with van der Waals surface area (Å²) in [5, 5.41) is 0.551. The number of aromatic nitrogens is 1. The molecule has 3 rings (SSSR count). The molecular weight excluding hydrogens is 314 g/mol. The Labute approximate surface area is 142 Å². The lowest BCUT2D eigenvalue weighted by molar-refractivity contribution is -0.0715. The fourth-order valence-corrected chi connectivity index (χ4v) is 3.85. The molecule has 0 spiro atoms. The van der Waals surface area contributed by atoms with E-state index in [0.29, 0.717) is 10.7 Å². The maximum atomic E-state index is 12.7. The number of carbonyl (C=O) groups is 1. The summed E-state index contributed by atoms with van der Waals surface area (Å²) in [6, 6.07) is 3.59. The van der Waals surface area contributed by atoms with Crippen molar-refractivity contribution in [2.24, 2.45) is 0 Å². The summed E-state index contributed by atoms with van der Waals surface area (Å²) in [6.45, 7) is 7.78. The molecule has 1 aromatic heterocycles. The third kappa shape index (κ3) is 4.03. The number of morpholine rings is 1. The molecule has 0 N–H and O–H groups in total. The number of halogens is 1. The highest BCUT2D eigenvalue weighted by Gasteiger charge is 2.33. The van der Waals surface area contributed by atoms with Gasteiger partial charge in [-0.25, -0.2) is 0 Å². The lowest BCUT2D eigenvalue weighted by Gasteiger charge is -2.38. The molecule has 0 saturated carbocycles. The van der Waals surface area contributed by atoms with Crippen molar-refractivity contribution < 1.29 is 9.53 Å². The Balaban J connectivity index is 1.66. The number of amides is 1. The Morgan fingerprint density at radius 1 is 1.39 bits per heavy atom. The van der Waals surface area contributed by atoms with Gasteiger partial charge in [0.15, 0.2) is 0 Å². The van der Waals surface area contributed by atoms with Gasteiger partial charge in [0.25, 0.3) is 5.91 Å². The Hall–Kier alpha value is -1.17. The van der Waals surface area contributed by atoms with Crippen LogP contribution in [0.5, 0.6) is 0 Å². The van der Waals surface area contributed by atoms with Crippen LogP contribution in [0.2, 0.25) is 5.02 Å². The van der Waals surface area contributed by atoms with Gasteiger partial charge in [0.2, 0.25) is 0 Å². The van der Waals surface area contributed by atoms with Gasteiger partial charge in [-0.1, -0.05) is 11.6 Å². The van der Waals surface area contributed by atoms with Gasteiger partial charge in [-0.3, -0.25) is 14.7 Å². The lowest BCUT2D eigenvalue weighted by Crippen LogP contribution is -2.51. The first kappa shape index (κ1) is 16.7. The van der Waals surface area contributed by atoms with Crippen LogP contribution in [0.4, 0.5) is 0 Å². The van der Waals surface area contributed by atoms with Gasteiger partial charge in [-0.05, 0) is 38.8 Å². The van der Waals surface area contributed by atoms with Crippen LogP contribution in [-0.2, 0) is 4.74 Å². The highest BCUT2D eigenvalue weighted by Crippen LogP contribution is 2.23. The Morgan fingerprint density at radius 3 is 2.83 bits per heavy atom. The van der Waals surface area contributed by atoms with Crippen molar-refractivity contribution in [3.05, 3.63) is 29.0 Å². The average Bonchev–Trinajstić information content (AvgIpc) is 2.93. The Morgan fingerprint density at radius 2 is 2.13 bits per heavy atom. The molecule has 2 aliphatic heterocycles. The number of hydrogen-bond acceptors (Lipinski definition) is 4. The van der Waals surface area contributed by atoms with E-state index >= 15 is 0 Å². The van der Waals surface area contributed by atoms with Crippen molar-refractivity contribution in [3.63, 3.8) is 0 Å². The highest BCUT2D eigenvalue weighted by atomic mass is 35.5. The van der Waals surface area contributed by atoms with Crippen LogP contribution in [0.1, 0.15) is 37.2 Å². The molecule has 23 heavy (non-hydrogen) atoms. The summed E-state index contributed by atoms with van der Waals surface area (Å²) in [6.07, 6.45) is 4.18. The largest absolute Gasteiger partial charge is 0.373 e. The van der Waals surface area contributed by atoms with Gasteiger partial charge < -0.3 is 9.64 Å². The molecule has 0 aromatic carbocycles. The fraction of sp³-hybridized carbons (Fsp3) is 0.647. The van der Waals surface area contributed by atoms with Crippen LogP contribution in [0.3, 0.4) is 0 Å². The molecule has 0 bridgehead atoms. The first-order valence-corrected chi connectivity index (χ1v) is 8.71. The molecule has 1 amide bonds.